The summed E-state index contributed by atoms with van der Waals surface area (Å²) in [5.74, 6) is 2.80. The van der Waals surface area contributed by atoms with Crippen LogP contribution in [-0.4, -0.2) is 11.3 Å². The van der Waals surface area contributed by atoms with Crippen molar-refractivity contribution in [1.82, 2.24) is 0 Å². The molecule has 0 spiro atoms. The molecular weight excluding hydrogens is 234 g/mol. The van der Waals surface area contributed by atoms with Crippen LogP contribution in [0.25, 0.3) is 0 Å². The summed E-state index contributed by atoms with van der Waals surface area (Å²) in [5, 5.41) is 9.79. The molecule has 0 aliphatic heterocycles. The molecule has 2 nitrogen and oxygen atoms in total. The van der Waals surface area contributed by atoms with E-state index in [-0.39, 0.29) is 5.75 Å². The fourth-order valence-corrected chi connectivity index (χ4v) is 1.75. The average molecular weight is 249 g/mol. The number of hydrogen-bond donors (Lipinski definition) is 1. The first kappa shape index (κ1) is 12.9. The summed E-state index contributed by atoms with van der Waals surface area (Å²) in [5.41, 5.74) is 3.44. The van der Waals surface area contributed by atoms with Gasteiger partial charge in [0.05, 0.1) is 5.69 Å². The Hall–Kier alpha value is -2.53. The molecule has 0 radical (unpaired) electrons. The molecule has 0 fully saturated rings. The van der Waals surface area contributed by atoms with Crippen molar-refractivity contribution >= 4 is 11.9 Å². The van der Waals surface area contributed by atoms with E-state index in [4.69, 9.17) is 6.42 Å². The second-order valence-corrected chi connectivity index (χ2v) is 4.20. The van der Waals surface area contributed by atoms with Gasteiger partial charge in [-0.15, -0.1) is 6.42 Å². The summed E-state index contributed by atoms with van der Waals surface area (Å²) >= 11 is 0. The summed E-state index contributed by atoms with van der Waals surface area (Å²) in [6, 6.07) is 13.0. The third kappa shape index (κ3) is 3.23. The van der Waals surface area contributed by atoms with Crippen molar-refractivity contribution in [3.8, 4) is 18.1 Å². The number of hydrogen-bond acceptors (Lipinski definition) is 2. The molecule has 0 aromatic heterocycles. The number of aromatic hydroxyl groups is 1. The van der Waals surface area contributed by atoms with E-state index in [2.05, 4.69) is 17.8 Å². The standard InChI is InChI=1S/C17H15NO/c1-3-13-6-5-7-16(11-13)18-12-15-10-14(4-2)8-9-17(15)19/h1,5-12,19H,4H2,2H3. The molecule has 0 aliphatic carbocycles. The first-order valence-electron chi connectivity index (χ1n) is 6.15. The molecule has 19 heavy (non-hydrogen) atoms. The average Bonchev–Trinajstić information content (AvgIpc) is 2.46. The van der Waals surface area contributed by atoms with Gasteiger partial charge in [0.1, 0.15) is 5.75 Å². The number of nitrogens with zero attached hydrogens (tertiary/aromatic N) is 1. The van der Waals surface area contributed by atoms with E-state index < -0.39 is 0 Å². The minimum Gasteiger partial charge on any atom is -0.507 e. The Labute approximate surface area is 113 Å². The second-order valence-electron chi connectivity index (χ2n) is 4.20. The Bertz CT molecular complexity index is 651. The van der Waals surface area contributed by atoms with E-state index in [1.807, 2.05) is 36.4 Å². The molecule has 0 amide bonds. The van der Waals surface area contributed by atoms with E-state index in [1.54, 1.807) is 12.3 Å². The SMILES string of the molecule is C#Cc1cccc(N=Cc2cc(CC)ccc2O)c1. The third-order valence-corrected chi connectivity index (χ3v) is 2.87. The lowest BCUT2D eigenvalue weighted by molar-refractivity contribution is 0.474. The van der Waals surface area contributed by atoms with Crippen molar-refractivity contribution in [2.45, 2.75) is 13.3 Å². The molecule has 0 saturated heterocycles. The molecule has 0 bridgehead atoms. The van der Waals surface area contributed by atoms with Crippen molar-refractivity contribution in [3.63, 3.8) is 0 Å². The van der Waals surface area contributed by atoms with Crippen LogP contribution in [0.3, 0.4) is 0 Å². The molecule has 0 atom stereocenters. The van der Waals surface area contributed by atoms with Crippen LogP contribution in [0, 0.1) is 12.3 Å². The Morgan fingerprint density at radius 2 is 2.11 bits per heavy atom. The fraction of sp³-hybridized carbons (Fsp3) is 0.118. The lowest BCUT2D eigenvalue weighted by atomic mass is 10.1. The summed E-state index contributed by atoms with van der Waals surface area (Å²) < 4.78 is 0. The van der Waals surface area contributed by atoms with Gasteiger partial charge in [0.2, 0.25) is 0 Å². The molecule has 0 unspecified atom stereocenters. The van der Waals surface area contributed by atoms with Gasteiger partial charge in [-0.05, 0) is 42.3 Å². The number of phenolic OH excluding ortho intramolecular Hbond substituents is 1. The molecule has 2 aromatic carbocycles. The molecule has 2 heteroatoms. The lowest BCUT2D eigenvalue weighted by Crippen LogP contribution is -1.86. The minimum atomic E-state index is 0.231. The zero-order valence-electron chi connectivity index (χ0n) is 10.8. The topological polar surface area (TPSA) is 32.6 Å². The van der Waals surface area contributed by atoms with Gasteiger partial charge in [0, 0.05) is 17.3 Å². The molecule has 94 valence electrons. The van der Waals surface area contributed by atoms with Gasteiger partial charge >= 0.3 is 0 Å². The maximum absolute atomic E-state index is 9.79. The van der Waals surface area contributed by atoms with Crippen LogP contribution in [0.2, 0.25) is 0 Å². The Balaban J connectivity index is 2.29. The Morgan fingerprint density at radius 3 is 2.84 bits per heavy atom. The molecule has 1 N–H and O–H groups in total. The van der Waals surface area contributed by atoms with Crippen molar-refractivity contribution in [3.05, 3.63) is 59.2 Å². The van der Waals surface area contributed by atoms with Gasteiger partial charge in [-0.2, -0.15) is 0 Å². The monoisotopic (exact) mass is 249 g/mol. The van der Waals surface area contributed by atoms with E-state index in [1.165, 1.54) is 0 Å². The predicted molar refractivity (Wildman–Crippen MR) is 79.1 cm³/mol. The molecule has 0 saturated carbocycles. The van der Waals surface area contributed by atoms with Crippen molar-refractivity contribution in [2.24, 2.45) is 4.99 Å². The molecule has 2 aromatic rings. The first-order valence-corrected chi connectivity index (χ1v) is 6.15. The fourth-order valence-electron chi connectivity index (χ4n) is 1.75. The predicted octanol–water partition coefficient (Wildman–Crippen LogP) is 3.69. The van der Waals surface area contributed by atoms with Crippen molar-refractivity contribution < 1.29 is 5.11 Å². The van der Waals surface area contributed by atoms with Crippen LogP contribution >= 0.6 is 0 Å². The van der Waals surface area contributed by atoms with Gasteiger partial charge in [-0.25, -0.2) is 0 Å². The molecular formula is C17H15NO. The van der Waals surface area contributed by atoms with Gasteiger partial charge in [-0.1, -0.05) is 25.0 Å². The van der Waals surface area contributed by atoms with Crippen molar-refractivity contribution in [1.29, 1.82) is 0 Å². The number of benzene rings is 2. The van der Waals surface area contributed by atoms with Crippen LogP contribution in [0.15, 0.2) is 47.5 Å². The summed E-state index contributed by atoms with van der Waals surface area (Å²) in [4.78, 5) is 4.34. The van der Waals surface area contributed by atoms with E-state index in [0.717, 1.165) is 23.2 Å². The highest BCUT2D eigenvalue weighted by Crippen LogP contribution is 2.19. The van der Waals surface area contributed by atoms with Crippen LogP contribution in [-0.2, 0) is 6.42 Å². The van der Waals surface area contributed by atoms with Crippen molar-refractivity contribution in [2.75, 3.05) is 0 Å². The molecule has 0 heterocycles. The normalized spacial score (nSPS) is 10.5. The summed E-state index contributed by atoms with van der Waals surface area (Å²) in [7, 11) is 0. The number of aryl methyl sites for hydroxylation is 1. The molecule has 2 rings (SSSR count). The van der Waals surface area contributed by atoms with Crippen LogP contribution in [0.4, 0.5) is 5.69 Å². The largest absolute Gasteiger partial charge is 0.507 e. The zero-order chi connectivity index (χ0) is 13.7. The highest BCUT2D eigenvalue weighted by Gasteiger charge is 1.99. The highest BCUT2D eigenvalue weighted by atomic mass is 16.3. The maximum atomic E-state index is 9.79. The van der Waals surface area contributed by atoms with Crippen LogP contribution in [0.5, 0.6) is 5.75 Å². The van der Waals surface area contributed by atoms with Crippen LogP contribution < -0.4 is 0 Å². The second kappa shape index (κ2) is 5.88. The zero-order valence-corrected chi connectivity index (χ0v) is 10.8. The van der Waals surface area contributed by atoms with E-state index >= 15 is 0 Å². The van der Waals surface area contributed by atoms with Gasteiger partial charge in [0.15, 0.2) is 0 Å². The maximum Gasteiger partial charge on any atom is 0.124 e. The van der Waals surface area contributed by atoms with E-state index in [0.29, 0.717) is 5.56 Å². The quantitative estimate of drug-likeness (QED) is 0.653. The van der Waals surface area contributed by atoms with Gasteiger partial charge in [-0.3, -0.25) is 4.99 Å². The Kier molecular flexibility index (Phi) is 4.00. The number of phenols is 1. The van der Waals surface area contributed by atoms with Gasteiger partial charge in [0.25, 0.3) is 0 Å². The minimum absolute atomic E-state index is 0.231. The Morgan fingerprint density at radius 1 is 1.26 bits per heavy atom. The van der Waals surface area contributed by atoms with Gasteiger partial charge < -0.3 is 5.11 Å². The lowest BCUT2D eigenvalue weighted by Gasteiger charge is -2.02. The smallest absolute Gasteiger partial charge is 0.124 e. The third-order valence-electron chi connectivity index (χ3n) is 2.87. The summed E-state index contributed by atoms with van der Waals surface area (Å²) in [6.45, 7) is 2.07. The number of aliphatic imine (C=N–C) groups is 1. The first-order chi connectivity index (χ1) is 9.22. The highest BCUT2D eigenvalue weighted by molar-refractivity contribution is 5.85. The number of terminal acetylenes is 1. The molecule has 0 aliphatic rings. The number of rotatable bonds is 3. The summed E-state index contributed by atoms with van der Waals surface area (Å²) in [6.07, 6.45) is 7.93. The van der Waals surface area contributed by atoms with E-state index in [9.17, 15) is 5.11 Å². The van der Waals surface area contributed by atoms with Crippen LogP contribution in [0.1, 0.15) is 23.6 Å².